The zero-order chi connectivity index (χ0) is 29.6. The number of carbonyl (C=O) groups is 3. The first-order chi connectivity index (χ1) is 19.6. The summed E-state index contributed by atoms with van der Waals surface area (Å²) in [5, 5.41) is 17.2. The molecule has 3 amide bonds. The number of benzene rings is 2. The van der Waals surface area contributed by atoms with Gasteiger partial charge in [-0.05, 0) is 63.6 Å². The molecular formula is C31H41N3O6S. The van der Waals surface area contributed by atoms with Gasteiger partial charge in [0.05, 0.1) is 18.0 Å². The summed E-state index contributed by atoms with van der Waals surface area (Å²) in [5.41, 5.74) is 2.67. The summed E-state index contributed by atoms with van der Waals surface area (Å²) in [6.45, 7) is 8.45. The van der Waals surface area contributed by atoms with Gasteiger partial charge in [0.15, 0.2) is 12.7 Å². The van der Waals surface area contributed by atoms with Crippen molar-refractivity contribution >= 4 is 29.5 Å². The third-order valence-corrected chi connectivity index (χ3v) is 9.02. The molecule has 0 saturated carbocycles. The molecule has 0 aromatic heterocycles. The van der Waals surface area contributed by atoms with Crippen LogP contribution in [0, 0.1) is 13.8 Å². The number of nitrogens with zero attached hydrogens (tertiary/aromatic N) is 1. The van der Waals surface area contributed by atoms with E-state index in [0.29, 0.717) is 18.9 Å². The van der Waals surface area contributed by atoms with Crippen molar-refractivity contribution in [1.82, 2.24) is 15.5 Å². The van der Waals surface area contributed by atoms with Gasteiger partial charge in [-0.1, -0.05) is 48.5 Å². The number of hydrogen-bond acceptors (Lipinski definition) is 7. The van der Waals surface area contributed by atoms with E-state index < -0.39 is 34.7 Å². The molecule has 3 N–H and O–H groups in total. The second kappa shape index (κ2) is 13.7. The number of aryl methyl sites for hydroxylation is 2. The maximum absolute atomic E-state index is 13.8. The molecule has 2 aromatic carbocycles. The van der Waals surface area contributed by atoms with Gasteiger partial charge < -0.3 is 30.1 Å². The van der Waals surface area contributed by atoms with Gasteiger partial charge in [-0.15, -0.1) is 11.8 Å². The fraction of sp³-hybridized carbons (Fsp3) is 0.516. The van der Waals surface area contributed by atoms with Crippen molar-refractivity contribution in [3.63, 3.8) is 0 Å². The molecular weight excluding hydrogens is 542 g/mol. The number of aliphatic hydroxyl groups excluding tert-OH is 1. The number of aliphatic hydroxyl groups is 1. The smallest absolute Gasteiger partial charge is 0.258 e. The molecule has 0 spiro atoms. The minimum Gasteiger partial charge on any atom is -0.483 e. The SMILES string of the molecule is Cc1cccc(C)c1OCC(=O)N[C@@H](Cc1ccccc1)[C@H](O)C(=O)N1CSC(C)(C)C1C(=O)NCC1CCCO1. The van der Waals surface area contributed by atoms with Crippen LogP contribution in [-0.4, -0.2) is 82.4 Å². The van der Waals surface area contributed by atoms with E-state index in [4.69, 9.17) is 9.47 Å². The highest BCUT2D eigenvalue weighted by atomic mass is 32.2. The van der Waals surface area contributed by atoms with Gasteiger partial charge in [-0.3, -0.25) is 14.4 Å². The average Bonchev–Trinajstić information content (AvgIpc) is 3.58. The molecule has 4 atom stereocenters. The lowest BCUT2D eigenvalue weighted by atomic mass is 9.97. The first-order valence-corrected chi connectivity index (χ1v) is 15.1. The molecule has 0 aliphatic carbocycles. The Balaban J connectivity index is 1.47. The van der Waals surface area contributed by atoms with Crippen LogP contribution in [0.25, 0.3) is 0 Å². The first-order valence-electron chi connectivity index (χ1n) is 14.1. The summed E-state index contributed by atoms with van der Waals surface area (Å²) >= 11 is 1.48. The molecule has 2 saturated heterocycles. The minimum absolute atomic E-state index is 0.0259. The Bertz CT molecular complexity index is 1200. The van der Waals surface area contributed by atoms with Crippen molar-refractivity contribution in [2.75, 3.05) is 25.6 Å². The Morgan fingerprint density at radius 1 is 1.12 bits per heavy atom. The molecule has 0 bridgehead atoms. The zero-order valence-electron chi connectivity index (χ0n) is 24.2. The van der Waals surface area contributed by atoms with E-state index in [1.165, 1.54) is 16.7 Å². The summed E-state index contributed by atoms with van der Waals surface area (Å²) < 4.78 is 10.9. The Morgan fingerprint density at radius 2 is 1.83 bits per heavy atom. The quantitative estimate of drug-likeness (QED) is 0.373. The summed E-state index contributed by atoms with van der Waals surface area (Å²) in [6, 6.07) is 13.4. The van der Waals surface area contributed by atoms with Gasteiger partial charge in [0.25, 0.3) is 11.8 Å². The molecule has 10 heteroatoms. The topological polar surface area (TPSA) is 117 Å². The lowest BCUT2D eigenvalue weighted by Gasteiger charge is -2.33. The molecule has 2 aliphatic rings. The molecule has 41 heavy (non-hydrogen) atoms. The molecule has 4 rings (SSSR count). The molecule has 2 heterocycles. The van der Waals surface area contributed by atoms with Gasteiger partial charge in [0.2, 0.25) is 5.91 Å². The average molecular weight is 584 g/mol. The summed E-state index contributed by atoms with van der Waals surface area (Å²) in [5.74, 6) is -0.448. The third kappa shape index (κ3) is 7.81. The molecule has 2 fully saturated rings. The van der Waals surface area contributed by atoms with E-state index in [2.05, 4.69) is 10.6 Å². The van der Waals surface area contributed by atoms with Crippen LogP contribution in [0.1, 0.15) is 43.4 Å². The third-order valence-electron chi connectivity index (χ3n) is 7.64. The van der Waals surface area contributed by atoms with Crippen LogP contribution in [0.5, 0.6) is 5.75 Å². The van der Waals surface area contributed by atoms with Crippen LogP contribution in [0.3, 0.4) is 0 Å². The Kier molecular flexibility index (Phi) is 10.3. The lowest BCUT2D eigenvalue weighted by Crippen LogP contribution is -2.59. The van der Waals surface area contributed by atoms with E-state index in [0.717, 1.165) is 29.5 Å². The lowest BCUT2D eigenvalue weighted by molar-refractivity contribution is -0.148. The van der Waals surface area contributed by atoms with Crippen molar-refractivity contribution in [1.29, 1.82) is 0 Å². The molecule has 0 radical (unpaired) electrons. The van der Waals surface area contributed by atoms with E-state index in [1.54, 1.807) is 0 Å². The van der Waals surface area contributed by atoms with Crippen molar-refractivity contribution in [3.8, 4) is 5.75 Å². The molecule has 2 unspecified atom stereocenters. The van der Waals surface area contributed by atoms with Crippen molar-refractivity contribution in [2.24, 2.45) is 0 Å². The zero-order valence-corrected chi connectivity index (χ0v) is 25.0. The van der Waals surface area contributed by atoms with Crippen molar-refractivity contribution < 1.29 is 29.0 Å². The van der Waals surface area contributed by atoms with E-state index >= 15 is 0 Å². The largest absolute Gasteiger partial charge is 0.483 e. The first kappa shape index (κ1) is 30.9. The summed E-state index contributed by atoms with van der Waals surface area (Å²) in [6.07, 6.45) is 0.484. The van der Waals surface area contributed by atoms with Gasteiger partial charge in [0.1, 0.15) is 11.8 Å². The van der Waals surface area contributed by atoms with Gasteiger partial charge in [0, 0.05) is 17.9 Å². The van der Waals surface area contributed by atoms with Gasteiger partial charge in [-0.25, -0.2) is 0 Å². The standard InChI is InChI=1S/C31H41N3O6S/c1-20-10-8-11-21(2)27(20)40-18-25(35)33-24(16-22-12-6-5-7-13-22)26(36)30(38)34-19-41-31(3,4)28(34)29(37)32-17-23-14-9-15-39-23/h5-8,10-13,23-24,26,28,36H,9,14-19H2,1-4H3,(H,32,37)(H,33,35)/t23?,24-,26-,28?/m0/s1. The minimum atomic E-state index is -1.57. The molecule has 222 valence electrons. The highest BCUT2D eigenvalue weighted by Gasteiger charge is 2.49. The van der Waals surface area contributed by atoms with Gasteiger partial charge >= 0.3 is 0 Å². The second-order valence-electron chi connectivity index (χ2n) is 11.3. The summed E-state index contributed by atoms with van der Waals surface area (Å²) in [4.78, 5) is 41.5. The number of nitrogens with one attached hydrogen (secondary N) is 2. The van der Waals surface area contributed by atoms with E-state index in [-0.39, 0.29) is 30.9 Å². The van der Waals surface area contributed by atoms with Gasteiger partial charge in [-0.2, -0.15) is 0 Å². The number of para-hydroxylation sites is 1. The number of hydrogen-bond donors (Lipinski definition) is 3. The normalized spacial score (nSPS) is 21.2. The van der Waals surface area contributed by atoms with E-state index in [9.17, 15) is 19.5 Å². The second-order valence-corrected chi connectivity index (χ2v) is 12.9. The fourth-order valence-corrected chi connectivity index (χ4v) is 6.53. The number of thioether (sulfide) groups is 1. The predicted octanol–water partition coefficient (Wildman–Crippen LogP) is 2.75. The van der Waals surface area contributed by atoms with Crippen molar-refractivity contribution in [2.45, 2.75) is 76.0 Å². The number of carbonyl (C=O) groups excluding carboxylic acids is 3. The Hall–Kier alpha value is -3.08. The number of ether oxygens (including phenoxy) is 2. The van der Waals surface area contributed by atoms with Crippen molar-refractivity contribution in [3.05, 3.63) is 65.2 Å². The van der Waals surface area contributed by atoms with Crippen LogP contribution in [0.15, 0.2) is 48.5 Å². The maximum atomic E-state index is 13.8. The number of amides is 3. The molecule has 2 aliphatic heterocycles. The monoisotopic (exact) mass is 583 g/mol. The maximum Gasteiger partial charge on any atom is 0.258 e. The van der Waals surface area contributed by atoms with Crippen LogP contribution in [-0.2, 0) is 25.5 Å². The predicted molar refractivity (Wildman–Crippen MR) is 159 cm³/mol. The Labute approximate surface area is 246 Å². The highest BCUT2D eigenvalue weighted by molar-refractivity contribution is 8.00. The molecule has 2 aromatic rings. The Morgan fingerprint density at radius 3 is 2.49 bits per heavy atom. The van der Waals surface area contributed by atoms with E-state index in [1.807, 2.05) is 76.2 Å². The van der Waals surface area contributed by atoms with Crippen LogP contribution >= 0.6 is 11.8 Å². The number of rotatable bonds is 11. The molecule has 9 nitrogen and oxygen atoms in total. The highest BCUT2D eigenvalue weighted by Crippen LogP contribution is 2.40. The summed E-state index contributed by atoms with van der Waals surface area (Å²) in [7, 11) is 0. The van der Waals surface area contributed by atoms with Crippen LogP contribution < -0.4 is 15.4 Å². The van der Waals surface area contributed by atoms with Crippen LogP contribution in [0.2, 0.25) is 0 Å². The van der Waals surface area contributed by atoms with Crippen LogP contribution in [0.4, 0.5) is 0 Å². The fourth-order valence-electron chi connectivity index (χ4n) is 5.39.